The first-order chi connectivity index (χ1) is 8.18. The fraction of sp³-hybridized carbons (Fsp3) is 0.417. The Bertz CT molecular complexity index is 404. The molecule has 0 saturated carbocycles. The van der Waals surface area contributed by atoms with E-state index in [9.17, 15) is 9.90 Å². The zero-order chi connectivity index (χ0) is 12.3. The van der Waals surface area contributed by atoms with E-state index in [0.717, 1.165) is 23.0 Å². The van der Waals surface area contributed by atoms with Gasteiger partial charge in [0.15, 0.2) is 6.04 Å². The molecule has 0 aromatic heterocycles. The lowest BCUT2D eigenvalue weighted by Gasteiger charge is -2.21. The predicted molar refractivity (Wildman–Crippen MR) is 68.2 cm³/mol. The van der Waals surface area contributed by atoms with E-state index in [2.05, 4.69) is 21.2 Å². The van der Waals surface area contributed by atoms with Crippen molar-refractivity contribution in [3.8, 4) is 0 Å². The number of carbonyl (C=O) groups is 1. The van der Waals surface area contributed by atoms with E-state index in [4.69, 9.17) is 4.74 Å². The predicted octanol–water partition coefficient (Wildman–Crippen LogP) is 2.49. The Morgan fingerprint density at radius 1 is 1.53 bits per heavy atom. The number of hydrogen-bond donors (Lipinski definition) is 2. The lowest BCUT2D eigenvalue weighted by atomic mass is 10.1. The Morgan fingerprint density at radius 2 is 2.29 bits per heavy atom. The van der Waals surface area contributed by atoms with Crippen LogP contribution in [0.1, 0.15) is 12.8 Å². The number of ether oxygens (including phenoxy) is 1. The van der Waals surface area contributed by atoms with E-state index in [1.54, 1.807) is 0 Å². The van der Waals surface area contributed by atoms with Crippen LogP contribution in [0.2, 0.25) is 0 Å². The molecule has 2 N–H and O–H groups in total. The monoisotopic (exact) mass is 299 g/mol. The molecule has 1 aliphatic rings. The van der Waals surface area contributed by atoms with Crippen molar-refractivity contribution in [2.45, 2.75) is 25.0 Å². The van der Waals surface area contributed by atoms with Crippen molar-refractivity contribution >= 4 is 27.6 Å². The summed E-state index contributed by atoms with van der Waals surface area (Å²) >= 11 is 3.39. The maximum absolute atomic E-state index is 11.2. The van der Waals surface area contributed by atoms with Gasteiger partial charge in [0, 0.05) is 16.8 Å². The summed E-state index contributed by atoms with van der Waals surface area (Å²) in [6.45, 7) is 0.645. The normalized spacial score (nSPS) is 21.1. The Kier molecular flexibility index (Phi) is 4.02. The molecule has 1 aromatic carbocycles. The summed E-state index contributed by atoms with van der Waals surface area (Å²) in [5.41, 5.74) is 0.774. The highest BCUT2D eigenvalue weighted by Gasteiger charge is 2.31. The zero-order valence-electron chi connectivity index (χ0n) is 9.23. The van der Waals surface area contributed by atoms with Crippen LogP contribution in [-0.4, -0.2) is 29.8 Å². The van der Waals surface area contributed by atoms with E-state index in [1.807, 2.05) is 24.3 Å². The molecule has 0 amide bonds. The molecule has 5 heteroatoms. The van der Waals surface area contributed by atoms with Gasteiger partial charge < -0.3 is 15.2 Å². The van der Waals surface area contributed by atoms with Crippen molar-refractivity contribution in [3.05, 3.63) is 28.7 Å². The van der Waals surface area contributed by atoms with Gasteiger partial charge in [-0.25, -0.2) is 4.79 Å². The maximum Gasteiger partial charge on any atom is 0.328 e. The van der Waals surface area contributed by atoms with E-state index < -0.39 is 12.0 Å². The lowest BCUT2D eigenvalue weighted by Crippen LogP contribution is -2.40. The third kappa shape index (κ3) is 2.98. The highest BCUT2D eigenvalue weighted by Crippen LogP contribution is 2.25. The lowest BCUT2D eigenvalue weighted by molar-refractivity contribution is -0.140. The summed E-state index contributed by atoms with van der Waals surface area (Å²) in [7, 11) is 0. The molecule has 92 valence electrons. The molecule has 1 saturated heterocycles. The zero-order valence-corrected chi connectivity index (χ0v) is 10.8. The van der Waals surface area contributed by atoms with Crippen LogP contribution in [0.4, 0.5) is 5.69 Å². The number of carboxylic acid groups (broad SMARTS) is 1. The summed E-state index contributed by atoms with van der Waals surface area (Å²) in [5, 5.41) is 12.2. The third-order valence-electron chi connectivity index (χ3n) is 2.79. The van der Waals surface area contributed by atoms with Gasteiger partial charge in [-0.3, -0.25) is 0 Å². The molecule has 1 aliphatic heterocycles. The molecule has 0 radical (unpaired) electrons. The van der Waals surface area contributed by atoms with Crippen molar-refractivity contribution in [3.63, 3.8) is 0 Å². The van der Waals surface area contributed by atoms with Crippen LogP contribution in [0.25, 0.3) is 0 Å². The number of para-hydroxylation sites is 1. The van der Waals surface area contributed by atoms with Crippen LogP contribution < -0.4 is 5.32 Å². The van der Waals surface area contributed by atoms with Crippen molar-refractivity contribution < 1.29 is 14.6 Å². The number of carboxylic acids is 1. The highest BCUT2D eigenvalue weighted by molar-refractivity contribution is 9.10. The summed E-state index contributed by atoms with van der Waals surface area (Å²) in [4.78, 5) is 11.2. The molecule has 2 rings (SSSR count). The molecule has 4 nitrogen and oxygen atoms in total. The van der Waals surface area contributed by atoms with E-state index >= 15 is 0 Å². The molecule has 1 fully saturated rings. The van der Waals surface area contributed by atoms with Crippen molar-refractivity contribution in [2.24, 2.45) is 0 Å². The Morgan fingerprint density at radius 3 is 2.88 bits per heavy atom. The standard InChI is InChI=1S/C12H14BrNO3/c13-8-4-1-2-5-9(8)14-11(12(15)16)10-6-3-7-17-10/h1-2,4-5,10-11,14H,3,6-7H2,(H,15,16). The van der Waals surface area contributed by atoms with Crippen molar-refractivity contribution in [2.75, 3.05) is 11.9 Å². The van der Waals surface area contributed by atoms with Crippen molar-refractivity contribution in [1.29, 1.82) is 0 Å². The average Bonchev–Trinajstić information content (AvgIpc) is 2.81. The molecule has 2 atom stereocenters. The van der Waals surface area contributed by atoms with Crippen LogP contribution >= 0.6 is 15.9 Å². The largest absolute Gasteiger partial charge is 0.480 e. The third-order valence-corrected chi connectivity index (χ3v) is 3.48. The van der Waals surface area contributed by atoms with Crippen molar-refractivity contribution in [1.82, 2.24) is 0 Å². The van der Waals surface area contributed by atoms with E-state index in [0.29, 0.717) is 6.61 Å². The van der Waals surface area contributed by atoms with Gasteiger partial charge >= 0.3 is 5.97 Å². The van der Waals surface area contributed by atoms with Crippen LogP contribution in [0.15, 0.2) is 28.7 Å². The SMILES string of the molecule is O=C(O)C(Nc1ccccc1Br)C1CCCO1. The van der Waals surface area contributed by atoms with E-state index in [-0.39, 0.29) is 6.10 Å². The first kappa shape index (κ1) is 12.4. The molecule has 17 heavy (non-hydrogen) atoms. The van der Waals surface area contributed by atoms with Gasteiger partial charge in [-0.15, -0.1) is 0 Å². The molecule has 0 bridgehead atoms. The maximum atomic E-state index is 11.2. The fourth-order valence-electron chi connectivity index (χ4n) is 1.92. The summed E-state index contributed by atoms with van der Waals surface area (Å²) in [6.07, 6.45) is 1.46. The van der Waals surface area contributed by atoms with Crippen LogP contribution in [-0.2, 0) is 9.53 Å². The molecule has 0 aliphatic carbocycles. The number of hydrogen-bond acceptors (Lipinski definition) is 3. The van der Waals surface area contributed by atoms with Gasteiger partial charge in [0.05, 0.1) is 6.10 Å². The topological polar surface area (TPSA) is 58.6 Å². The molecular weight excluding hydrogens is 286 g/mol. The quantitative estimate of drug-likeness (QED) is 0.897. The number of nitrogens with one attached hydrogen (secondary N) is 1. The summed E-state index contributed by atoms with van der Waals surface area (Å²) in [6, 6.07) is 6.76. The molecule has 1 heterocycles. The van der Waals surface area contributed by atoms with Crippen LogP contribution in [0.5, 0.6) is 0 Å². The van der Waals surface area contributed by atoms with Gasteiger partial charge in [-0.1, -0.05) is 12.1 Å². The second kappa shape index (κ2) is 5.51. The molecule has 1 aromatic rings. The Hall–Kier alpha value is -1.07. The smallest absolute Gasteiger partial charge is 0.328 e. The van der Waals surface area contributed by atoms with Gasteiger partial charge in [0.1, 0.15) is 0 Å². The second-order valence-corrected chi connectivity index (χ2v) is 4.85. The Balaban J connectivity index is 2.12. The number of rotatable bonds is 4. The molecule has 2 unspecified atom stereocenters. The number of benzene rings is 1. The number of aliphatic carboxylic acids is 1. The first-order valence-electron chi connectivity index (χ1n) is 5.54. The minimum Gasteiger partial charge on any atom is -0.480 e. The van der Waals surface area contributed by atoms with Gasteiger partial charge in [0.25, 0.3) is 0 Å². The number of anilines is 1. The second-order valence-electron chi connectivity index (χ2n) is 3.99. The fourth-order valence-corrected chi connectivity index (χ4v) is 2.32. The minimum atomic E-state index is -0.882. The molecule has 0 spiro atoms. The van der Waals surface area contributed by atoms with Crippen LogP contribution in [0.3, 0.4) is 0 Å². The first-order valence-corrected chi connectivity index (χ1v) is 6.33. The highest BCUT2D eigenvalue weighted by atomic mass is 79.9. The van der Waals surface area contributed by atoms with Gasteiger partial charge in [0.2, 0.25) is 0 Å². The molecular formula is C12H14BrNO3. The summed E-state index contributed by atoms with van der Waals surface area (Å²) < 4.78 is 6.28. The van der Waals surface area contributed by atoms with Crippen LogP contribution in [0, 0.1) is 0 Å². The van der Waals surface area contributed by atoms with E-state index in [1.165, 1.54) is 0 Å². The average molecular weight is 300 g/mol. The summed E-state index contributed by atoms with van der Waals surface area (Å²) in [5.74, 6) is -0.882. The minimum absolute atomic E-state index is 0.250. The van der Waals surface area contributed by atoms with Gasteiger partial charge in [-0.2, -0.15) is 0 Å². The van der Waals surface area contributed by atoms with Gasteiger partial charge in [-0.05, 0) is 40.9 Å². The number of halogens is 1. The Labute approximate surface area is 108 Å².